The van der Waals surface area contributed by atoms with Crippen molar-refractivity contribution in [1.29, 1.82) is 0 Å². The van der Waals surface area contributed by atoms with Crippen LogP contribution >= 0.6 is 0 Å². The zero-order valence-corrected chi connectivity index (χ0v) is 12.0. The Balaban J connectivity index is 0.00000169. The van der Waals surface area contributed by atoms with E-state index in [0.717, 1.165) is 24.3 Å². The molecule has 0 aliphatic rings. The standard InChI is InChI=1S/C6H5NO4S2.K/c8-7(9)5-1-3-6(4-2-5)13(10,11)12;/h1-4H,(H,10,11,12);/q;+1/p-1. The predicted octanol–water partition coefficient (Wildman–Crippen LogP) is -2.17. The van der Waals surface area contributed by atoms with Crippen molar-refractivity contribution in [3.63, 3.8) is 0 Å². The summed E-state index contributed by atoms with van der Waals surface area (Å²) in [5, 5.41) is 10.2. The molecule has 70 valence electrons. The average Bonchev–Trinajstić information content (AvgIpc) is 2.03. The molecule has 1 unspecified atom stereocenters. The van der Waals surface area contributed by atoms with Gasteiger partial charge in [0.2, 0.25) is 0 Å². The number of nitro groups is 1. The van der Waals surface area contributed by atoms with Crippen LogP contribution in [0.1, 0.15) is 0 Å². The van der Waals surface area contributed by atoms with Crippen LogP contribution in [0.4, 0.5) is 5.69 Å². The fraction of sp³-hybridized carbons (Fsp3) is 0. The fourth-order valence-corrected chi connectivity index (χ4v) is 1.54. The molecule has 0 spiro atoms. The zero-order chi connectivity index (χ0) is 10.1. The summed E-state index contributed by atoms with van der Waals surface area (Å²) in [5.41, 5.74) is -0.164. The van der Waals surface area contributed by atoms with Crippen LogP contribution in [0.5, 0.6) is 0 Å². The summed E-state index contributed by atoms with van der Waals surface area (Å²) in [5.74, 6) is 0. The first-order chi connectivity index (χ1) is 5.91. The van der Waals surface area contributed by atoms with E-state index in [4.69, 9.17) is 0 Å². The van der Waals surface area contributed by atoms with Gasteiger partial charge in [0.15, 0.2) is 0 Å². The number of non-ortho nitro benzene ring substituents is 1. The van der Waals surface area contributed by atoms with Gasteiger partial charge in [-0.05, 0) is 32.1 Å². The minimum absolute atomic E-state index is 0. The zero-order valence-electron chi connectivity index (χ0n) is 7.21. The van der Waals surface area contributed by atoms with Crippen molar-refractivity contribution in [3.8, 4) is 0 Å². The molecule has 1 rings (SSSR count). The van der Waals surface area contributed by atoms with Crippen LogP contribution < -0.4 is 51.4 Å². The van der Waals surface area contributed by atoms with Gasteiger partial charge in [0.1, 0.15) is 0 Å². The van der Waals surface area contributed by atoms with Crippen molar-refractivity contribution in [1.82, 2.24) is 0 Å². The molecule has 0 saturated carbocycles. The van der Waals surface area contributed by atoms with Crippen LogP contribution in [-0.4, -0.2) is 13.7 Å². The van der Waals surface area contributed by atoms with Crippen molar-refractivity contribution in [2.75, 3.05) is 0 Å². The molecule has 0 aliphatic heterocycles. The van der Waals surface area contributed by atoms with Crippen molar-refractivity contribution in [3.05, 3.63) is 34.4 Å². The molecule has 1 aromatic rings. The maximum atomic E-state index is 10.8. The summed E-state index contributed by atoms with van der Waals surface area (Å²) in [4.78, 5) is 9.48. The van der Waals surface area contributed by atoms with Gasteiger partial charge in [-0.15, -0.1) is 0 Å². The molecule has 0 aromatic heterocycles. The molecule has 14 heavy (non-hydrogen) atoms. The molecule has 0 fully saturated rings. The van der Waals surface area contributed by atoms with Crippen LogP contribution in [-0.2, 0) is 20.0 Å². The molecule has 0 heterocycles. The second-order valence-electron chi connectivity index (χ2n) is 2.21. The minimum Gasteiger partial charge on any atom is -0.766 e. The first-order valence-corrected chi connectivity index (χ1v) is 5.52. The molecule has 0 aliphatic carbocycles. The first-order valence-electron chi connectivity index (χ1n) is 3.11. The molecule has 0 amide bonds. The third kappa shape index (κ3) is 3.99. The van der Waals surface area contributed by atoms with Crippen molar-refractivity contribution >= 4 is 25.6 Å². The van der Waals surface area contributed by atoms with Gasteiger partial charge in [-0.3, -0.25) is 14.3 Å². The number of rotatable bonds is 2. The third-order valence-corrected chi connectivity index (χ3v) is 2.76. The van der Waals surface area contributed by atoms with E-state index in [1.165, 1.54) is 0 Å². The van der Waals surface area contributed by atoms with Gasteiger partial charge in [0.05, 0.1) is 4.92 Å². The van der Waals surface area contributed by atoms with Crippen LogP contribution in [0.2, 0.25) is 0 Å². The molecule has 8 heteroatoms. The summed E-state index contributed by atoms with van der Waals surface area (Å²) in [6.07, 6.45) is 0. The molecule has 0 N–H and O–H groups in total. The van der Waals surface area contributed by atoms with Crippen molar-refractivity contribution < 1.29 is 65.1 Å². The van der Waals surface area contributed by atoms with Gasteiger partial charge in [0.25, 0.3) is 5.69 Å². The maximum absolute atomic E-state index is 10.8. The molecule has 1 aromatic carbocycles. The number of hydrogen-bond acceptors (Lipinski definition) is 5. The molecular formula is C6H4KNO4S2. The average molecular weight is 257 g/mol. The van der Waals surface area contributed by atoms with E-state index >= 15 is 0 Å². The van der Waals surface area contributed by atoms with E-state index in [0.29, 0.717) is 0 Å². The summed E-state index contributed by atoms with van der Waals surface area (Å²) >= 11 is 4.16. The van der Waals surface area contributed by atoms with Gasteiger partial charge in [0, 0.05) is 17.0 Å². The molecule has 0 bridgehead atoms. The Kier molecular flexibility index (Phi) is 5.85. The van der Waals surface area contributed by atoms with Gasteiger partial charge in [-0.1, -0.05) is 0 Å². The first kappa shape index (κ1) is 14.6. The monoisotopic (exact) mass is 257 g/mol. The number of benzene rings is 1. The maximum Gasteiger partial charge on any atom is 1.00 e. The molecule has 0 radical (unpaired) electrons. The molecule has 1 atom stereocenters. The Bertz CT molecular complexity index is 428. The predicted molar refractivity (Wildman–Crippen MR) is 47.6 cm³/mol. The second-order valence-corrected chi connectivity index (χ2v) is 4.90. The van der Waals surface area contributed by atoms with E-state index in [1.807, 2.05) is 0 Å². The Morgan fingerprint density at radius 3 is 2.00 bits per heavy atom. The topological polar surface area (TPSA) is 83.3 Å². The SMILES string of the molecule is O=[N+]([O-])c1ccc(S(=O)([O-])=S)cc1.[K+]. The van der Waals surface area contributed by atoms with Gasteiger partial charge in [-0.25, -0.2) is 0 Å². The van der Waals surface area contributed by atoms with Crippen LogP contribution in [0.3, 0.4) is 0 Å². The molecule has 0 saturated heterocycles. The van der Waals surface area contributed by atoms with Gasteiger partial charge < -0.3 is 4.55 Å². The smallest absolute Gasteiger partial charge is 0.766 e. The number of nitrogens with zero attached hydrogens (tertiary/aromatic N) is 1. The quantitative estimate of drug-likeness (QED) is 0.342. The summed E-state index contributed by atoms with van der Waals surface area (Å²) in [6.45, 7) is 0. The summed E-state index contributed by atoms with van der Waals surface area (Å²) in [7, 11) is -3.68. The summed E-state index contributed by atoms with van der Waals surface area (Å²) < 4.78 is 21.5. The number of hydrogen-bond donors (Lipinski definition) is 0. The van der Waals surface area contributed by atoms with Gasteiger partial charge in [-0.2, -0.15) is 0 Å². The Hall–Kier alpha value is 0.586. The van der Waals surface area contributed by atoms with Crippen molar-refractivity contribution in [2.24, 2.45) is 0 Å². The van der Waals surface area contributed by atoms with Crippen LogP contribution in [0.15, 0.2) is 29.2 Å². The third-order valence-electron chi connectivity index (χ3n) is 1.34. The Morgan fingerprint density at radius 1 is 1.29 bits per heavy atom. The molecule has 5 nitrogen and oxygen atoms in total. The largest absolute Gasteiger partial charge is 1.00 e. The number of nitro benzene ring substituents is 1. The van der Waals surface area contributed by atoms with Crippen LogP contribution in [0.25, 0.3) is 0 Å². The van der Waals surface area contributed by atoms with E-state index in [2.05, 4.69) is 11.2 Å². The van der Waals surface area contributed by atoms with Gasteiger partial charge >= 0.3 is 51.4 Å². The molecular weight excluding hydrogens is 253 g/mol. The van der Waals surface area contributed by atoms with E-state index in [-0.39, 0.29) is 62.0 Å². The minimum atomic E-state index is -3.68. The Labute approximate surface area is 128 Å². The Morgan fingerprint density at radius 2 is 1.71 bits per heavy atom. The fourth-order valence-electron chi connectivity index (χ4n) is 0.735. The van der Waals surface area contributed by atoms with E-state index in [1.54, 1.807) is 0 Å². The second kappa shape index (κ2) is 5.61. The van der Waals surface area contributed by atoms with Crippen LogP contribution in [0, 0.1) is 10.1 Å². The van der Waals surface area contributed by atoms with E-state index < -0.39 is 13.7 Å². The normalized spacial score (nSPS) is 13.8. The van der Waals surface area contributed by atoms with E-state index in [9.17, 15) is 18.9 Å². The van der Waals surface area contributed by atoms with Crippen molar-refractivity contribution in [2.45, 2.75) is 4.90 Å². The summed E-state index contributed by atoms with van der Waals surface area (Å²) in [6, 6.07) is 4.42.